The fourth-order valence-corrected chi connectivity index (χ4v) is 0.542. The van der Waals surface area contributed by atoms with Gasteiger partial charge < -0.3 is 4.79 Å². The molecule has 0 aromatic rings. The van der Waals surface area contributed by atoms with Crippen LogP contribution in [0.1, 0.15) is 0 Å². The van der Waals surface area contributed by atoms with Crippen LogP contribution in [0.15, 0.2) is 12.2 Å². The smallest absolute Gasteiger partial charge is 0.219 e. The Kier molecular flexibility index (Phi) is 1.46. The fourth-order valence-electron chi connectivity index (χ4n) is 0.542. The van der Waals surface area contributed by atoms with Gasteiger partial charge in [-0.3, -0.25) is 4.79 Å². The van der Waals surface area contributed by atoms with E-state index in [1.54, 1.807) is 0 Å². The maximum Gasteiger partial charge on any atom is 0.219 e. The number of rotatable bonds is 1. The van der Waals surface area contributed by atoms with Crippen LogP contribution in [0.3, 0.4) is 0 Å². The van der Waals surface area contributed by atoms with Gasteiger partial charge in [0.1, 0.15) is 12.2 Å². The summed E-state index contributed by atoms with van der Waals surface area (Å²) in [6, 6.07) is 0. The van der Waals surface area contributed by atoms with Gasteiger partial charge in [0.25, 0.3) is 0 Å². The lowest BCUT2D eigenvalue weighted by Gasteiger charge is -1.96. The molecule has 2 nitrogen and oxygen atoms in total. The average molecular weight is 120 g/mol. The highest BCUT2D eigenvalue weighted by Crippen LogP contribution is 1.98. The van der Waals surface area contributed by atoms with Crippen molar-refractivity contribution in [3.63, 3.8) is 0 Å². The molecule has 0 aromatic carbocycles. The fraction of sp³-hybridized carbons (Fsp3) is 0.143. The Morgan fingerprint density at radius 2 is 2.44 bits per heavy atom. The van der Waals surface area contributed by atoms with Gasteiger partial charge in [0.15, 0.2) is 0 Å². The second-order valence-corrected chi connectivity index (χ2v) is 1.65. The van der Waals surface area contributed by atoms with E-state index in [0.717, 1.165) is 0 Å². The third-order valence-electron chi connectivity index (χ3n) is 1.03. The first-order valence-electron chi connectivity index (χ1n) is 2.52. The Morgan fingerprint density at radius 1 is 1.67 bits per heavy atom. The summed E-state index contributed by atoms with van der Waals surface area (Å²) in [5.41, 5.74) is 0. The summed E-state index contributed by atoms with van der Waals surface area (Å²) in [5, 5.41) is 0. The number of hydrogen-bond donors (Lipinski definition) is 0. The molecule has 0 fully saturated rings. The maximum atomic E-state index is 10.6. The molecule has 0 saturated carbocycles. The molecular formula is C7H4O2. The van der Waals surface area contributed by atoms with E-state index in [-0.39, 0.29) is 5.78 Å². The molecule has 0 bridgehead atoms. The topological polar surface area (TPSA) is 34.1 Å². The number of carbonyl (C=O) groups excluding carboxylic acids is 2. The molecule has 44 valence electrons. The number of aldehydes is 1. The molecule has 0 amide bonds. The predicted octanol–water partition coefficient (Wildman–Crippen LogP) is -0.0562. The Hall–Kier alpha value is -1.36. The summed E-state index contributed by atoms with van der Waals surface area (Å²) in [7, 11) is 0. The lowest BCUT2D eigenvalue weighted by atomic mass is 10.0. The lowest BCUT2D eigenvalue weighted by molar-refractivity contribution is -0.121. The monoisotopic (exact) mass is 120 g/mol. The van der Waals surface area contributed by atoms with Crippen molar-refractivity contribution in [2.24, 2.45) is 5.92 Å². The zero-order chi connectivity index (χ0) is 6.69. The van der Waals surface area contributed by atoms with Crippen molar-refractivity contribution >= 4 is 12.1 Å². The summed E-state index contributed by atoms with van der Waals surface area (Å²) in [4.78, 5) is 20.6. The predicted molar refractivity (Wildman–Crippen MR) is 31.5 cm³/mol. The summed E-state index contributed by atoms with van der Waals surface area (Å²) < 4.78 is 0. The number of carbonyl (C=O) groups is 2. The molecule has 2 heteroatoms. The van der Waals surface area contributed by atoms with Crippen molar-refractivity contribution in [3.8, 4) is 11.8 Å². The number of allylic oxidation sites excluding steroid dienone is 2. The maximum absolute atomic E-state index is 10.6. The van der Waals surface area contributed by atoms with Crippen molar-refractivity contribution in [3.05, 3.63) is 12.2 Å². The zero-order valence-electron chi connectivity index (χ0n) is 4.63. The van der Waals surface area contributed by atoms with Crippen molar-refractivity contribution in [2.45, 2.75) is 0 Å². The van der Waals surface area contributed by atoms with E-state index in [4.69, 9.17) is 0 Å². The Balaban J connectivity index is 2.84. The van der Waals surface area contributed by atoms with E-state index in [1.807, 2.05) is 0 Å². The molecule has 9 heavy (non-hydrogen) atoms. The van der Waals surface area contributed by atoms with Gasteiger partial charge in [-0.2, -0.15) is 0 Å². The second-order valence-electron chi connectivity index (χ2n) is 1.65. The van der Waals surface area contributed by atoms with Gasteiger partial charge in [-0.05, 0) is 12.0 Å². The van der Waals surface area contributed by atoms with Crippen molar-refractivity contribution in [1.82, 2.24) is 0 Å². The minimum atomic E-state index is -0.619. The van der Waals surface area contributed by atoms with Crippen molar-refractivity contribution in [1.29, 1.82) is 0 Å². The average Bonchev–Trinajstić information content (AvgIpc) is 1.89. The van der Waals surface area contributed by atoms with Crippen LogP contribution in [0.5, 0.6) is 0 Å². The highest BCUT2D eigenvalue weighted by atomic mass is 16.1. The Bertz CT molecular complexity index is 227. The van der Waals surface area contributed by atoms with E-state index in [9.17, 15) is 9.59 Å². The number of ketones is 1. The first kappa shape index (κ1) is 5.77. The molecule has 0 heterocycles. The van der Waals surface area contributed by atoms with Crippen LogP contribution < -0.4 is 0 Å². The first-order chi connectivity index (χ1) is 4.34. The van der Waals surface area contributed by atoms with Crippen LogP contribution in [-0.4, -0.2) is 12.1 Å². The van der Waals surface area contributed by atoms with Gasteiger partial charge in [-0.25, -0.2) is 0 Å². The van der Waals surface area contributed by atoms with Crippen molar-refractivity contribution in [2.75, 3.05) is 0 Å². The molecule has 0 aromatic heterocycles. The van der Waals surface area contributed by atoms with E-state index in [1.165, 1.54) is 12.2 Å². The largest absolute Gasteiger partial charge is 0.302 e. The Morgan fingerprint density at radius 3 is 2.89 bits per heavy atom. The normalized spacial score (nSPS) is 22.7. The van der Waals surface area contributed by atoms with Crippen LogP contribution in [0.25, 0.3) is 0 Å². The molecule has 1 atom stereocenters. The minimum Gasteiger partial charge on any atom is -0.302 e. The van der Waals surface area contributed by atoms with E-state index in [0.29, 0.717) is 6.29 Å². The summed E-state index contributed by atoms with van der Waals surface area (Å²) >= 11 is 0. The standard InChI is InChI=1S/C7H4O2/c8-5-6-3-1-2-4-7(6)9/h1,3,5-6H. The van der Waals surface area contributed by atoms with Crippen LogP contribution in [0, 0.1) is 17.8 Å². The van der Waals surface area contributed by atoms with Crippen LogP contribution >= 0.6 is 0 Å². The van der Waals surface area contributed by atoms with Crippen molar-refractivity contribution < 1.29 is 9.59 Å². The minimum absolute atomic E-state index is 0.312. The van der Waals surface area contributed by atoms with Gasteiger partial charge in [-0.15, -0.1) is 0 Å². The van der Waals surface area contributed by atoms with Crippen LogP contribution in [-0.2, 0) is 9.59 Å². The number of hydrogen-bond acceptors (Lipinski definition) is 2. The van der Waals surface area contributed by atoms with E-state index < -0.39 is 5.92 Å². The molecule has 0 radical (unpaired) electrons. The number of Topliss-reactive ketones (excluding diaryl/α,β-unsaturated/α-hetero) is 1. The van der Waals surface area contributed by atoms with Gasteiger partial charge in [-0.1, -0.05) is 12.0 Å². The van der Waals surface area contributed by atoms with E-state index in [2.05, 4.69) is 11.8 Å². The molecule has 1 rings (SSSR count). The Labute approximate surface area is 52.6 Å². The summed E-state index contributed by atoms with van der Waals surface area (Å²) in [6.45, 7) is 0. The summed E-state index contributed by atoms with van der Waals surface area (Å²) in [6.07, 6.45) is 3.60. The van der Waals surface area contributed by atoms with Gasteiger partial charge in [0.2, 0.25) is 5.78 Å². The van der Waals surface area contributed by atoms with Gasteiger partial charge in [0.05, 0.1) is 0 Å². The molecule has 0 aliphatic heterocycles. The highest BCUT2D eigenvalue weighted by Gasteiger charge is 2.12. The lowest BCUT2D eigenvalue weighted by Crippen LogP contribution is -2.12. The molecular weight excluding hydrogens is 116 g/mol. The third kappa shape index (κ3) is 1.06. The van der Waals surface area contributed by atoms with Gasteiger partial charge >= 0.3 is 0 Å². The first-order valence-corrected chi connectivity index (χ1v) is 2.52. The molecule has 1 aliphatic carbocycles. The molecule has 0 spiro atoms. The van der Waals surface area contributed by atoms with Crippen LogP contribution in [0.2, 0.25) is 0 Å². The third-order valence-corrected chi connectivity index (χ3v) is 1.03. The molecule has 0 N–H and O–H groups in total. The van der Waals surface area contributed by atoms with Gasteiger partial charge in [0, 0.05) is 0 Å². The van der Waals surface area contributed by atoms with E-state index >= 15 is 0 Å². The highest BCUT2D eigenvalue weighted by molar-refractivity contribution is 6.07. The van der Waals surface area contributed by atoms with Crippen LogP contribution in [0.4, 0.5) is 0 Å². The molecule has 1 unspecified atom stereocenters. The summed E-state index contributed by atoms with van der Waals surface area (Å²) in [5.74, 6) is 3.80. The quantitative estimate of drug-likeness (QED) is 0.210. The molecule has 1 aliphatic rings. The molecule has 0 saturated heterocycles. The zero-order valence-corrected chi connectivity index (χ0v) is 4.63. The second kappa shape index (κ2) is 2.27. The SMILES string of the molecule is O=CC1C=CC#CC1=O.